The first-order valence-electron chi connectivity index (χ1n) is 6.58. The second-order valence-corrected chi connectivity index (χ2v) is 4.63. The molecule has 0 aliphatic rings. The van der Waals surface area contributed by atoms with Crippen molar-refractivity contribution in [3.8, 4) is 11.4 Å². The van der Waals surface area contributed by atoms with Gasteiger partial charge >= 0.3 is 0 Å². The predicted octanol–water partition coefficient (Wildman–Crippen LogP) is 3.66. The highest BCUT2D eigenvalue weighted by Gasteiger charge is 2.04. The van der Waals surface area contributed by atoms with Crippen molar-refractivity contribution in [1.82, 2.24) is 15.0 Å². The van der Waals surface area contributed by atoms with Crippen LogP contribution in [-0.2, 0) is 6.42 Å². The Morgan fingerprint density at radius 1 is 1.11 bits per heavy atom. The van der Waals surface area contributed by atoms with E-state index in [2.05, 4.69) is 39.7 Å². The number of rotatable bonds is 5. The van der Waals surface area contributed by atoms with Gasteiger partial charge in [0.1, 0.15) is 11.6 Å². The van der Waals surface area contributed by atoms with Gasteiger partial charge in [-0.2, -0.15) is 0 Å². The van der Waals surface area contributed by atoms with Crippen molar-refractivity contribution in [3.05, 3.63) is 54.1 Å². The van der Waals surface area contributed by atoms with Gasteiger partial charge in [-0.25, -0.2) is 15.0 Å². The fourth-order valence-corrected chi connectivity index (χ4v) is 2.06. The summed E-state index contributed by atoms with van der Waals surface area (Å²) < 4.78 is 0. The minimum absolute atomic E-state index is 0.760. The van der Waals surface area contributed by atoms with E-state index in [0.29, 0.717) is 0 Å². The van der Waals surface area contributed by atoms with Gasteiger partial charge in [-0.1, -0.05) is 24.3 Å². The van der Waals surface area contributed by atoms with E-state index in [9.17, 15) is 0 Å². The van der Waals surface area contributed by atoms with Crippen LogP contribution in [0.1, 0.15) is 30.1 Å². The standard InChI is InChI=1S/C16H19N3/c1-4-5-6-8-14-9-7-10-15(11-14)16-18-12(2)17-13(3)19-16/h4,7,9-11H,1,5-6,8H2,2-3H3. The zero-order valence-electron chi connectivity index (χ0n) is 11.6. The second-order valence-electron chi connectivity index (χ2n) is 4.63. The Balaban J connectivity index is 2.24. The predicted molar refractivity (Wildman–Crippen MR) is 77.9 cm³/mol. The molecule has 2 rings (SSSR count). The first kappa shape index (κ1) is 13.4. The smallest absolute Gasteiger partial charge is 0.163 e. The third-order valence-corrected chi connectivity index (χ3v) is 2.92. The van der Waals surface area contributed by atoms with Crippen molar-refractivity contribution in [2.45, 2.75) is 33.1 Å². The van der Waals surface area contributed by atoms with Crippen LogP contribution in [0.4, 0.5) is 0 Å². The highest BCUT2D eigenvalue weighted by atomic mass is 15.0. The summed E-state index contributed by atoms with van der Waals surface area (Å²) in [5.41, 5.74) is 2.37. The molecule has 2 aromatic rings. The van der Waals surface area contributed by atoms with Gasteiger partial charge in [-0.15, -0.1) is 6.58 Å². The average molecular weight is 253 g/mol. The average Bonchev–Trinajstić information content (AvgIpc) is 2.38. The maximum absolute atomic E-state index is 4.40. The van der Waals surface area contributed by atoms with E-state index < -0.39 is 0 Å². The Hall–Kier alpha value is -2.03. The molecular formula is C16H19N3. The van der Waals surface area contributed by atoms with Gasteiger partial charge in [-0.3, -0.25) is 0 Å². The molecule has 1 aromatic heterocycles. The van der Waals surface area contributed by atoms with Crippen LogP contribution in [0.15, 0.2) is 36.9 Å². The molecule has 98 valence electrons. The molecule has 3 nitrogen and oxygen atoms in total. The Morgan fingerprint density at radius 3 is 2.53 bits per heavy atom. The quantitative estimate of drug-likeness (QED) is 0.603. The van der Waals surface area contributed by atoms with E-state index in [-0.39, 0.29) is 0 Å². The van der Waals surface area contributed by atoms with E-state index in [4.69, 9.17) is 0 Å². The van der Waals surface area contributed by atoms with Gasteiger partial charge in [0.2, 0.25) is 0 Å². The topological polar surface area (TPSA) is 38.7 Å². The lowest BCUT2D eigenvalue weighted by atomic mass is 10.0. The van der Waals surface area contributed by atoms with Crippen LogP contribution in [0, 0.1) is 13.8 Å². The lowest BCUT2D eigenvalue weighted by molar-refractivity contribution is 0.844. The lowest BCUT2D eigenvalue weighted by Crippen LogP contribution is -1.99. The maximum Gasteiger partial charge on any atom is 0.163 e. The molecule has 0 spiro atoms. The van der Waals surface area contributed by atoms with Crippen LogP contribution in [0.25, 0.3) is 11.4 Å². The molecule has 0 aliphatic carbocycles. The molecule has 1 aromatic carbocycles. The molecule has 0 atom stereocenters. The summed E-state index contributed by atoms with van der Waals surface area (Å²) in [5, 5.41) is 0. The molecule has 19 heavy (non-hydrogen) atoms. The Labute approximate surface area is 114 Å². The van der Waals surface area contributed by atoms with E-state index in [1.807, 2.05) is 26.0 Å². The van der Waals surface area contributed by atoms with Crippen molar-refractivity contribution in [2.24, 2.45) is 0 Å². The molecule has 0 fully saturated rings. The van der Waals surface area contributed by atoms with Crippen LogP contribution in [0.5, 0.6) is 0 Å². The number of hydrogen-bond donors (Lipinski definition) is 0. The SMILES string of the molecule is C=CCCCc1cccc(-c2nc(C)nc(C)n2)c1. The van der Waals surface area contributed by atoms with Crippen molar-refractivity contribution in [2.75, 3.05) is 0 Å². The summed E-state index contributed by atoms with van der Waals surface area (Å²) in [5.74, 6) is 2.29. The lowest BCUT2D eigenvalue weighted by Gasteiger charge is -2.05. The number of aryl methyl sites for hydroxylation is 3. The van der Waals surface area contributed by atoms with Gasteiger partial charge in [-0.05, 0) is 44.7 Å². The van der Waals surface area contributed by atoms with E-state index in [1.54, 1.807) is 0 Å². The molecule has 0 unspecified atom stereocenters. The van der Waals surface area contributed by atoms with Crippen LogP contribution in [0.2, 0.25) is 0 Å². The normalized spacial score (nSPS) is 10.4. The molecule has 0 bridgehead atoms. The molecule has 0 aliphatic heterocycles. The Morgan fingerprint density at radius 2 is 1.84 bits per heavy atom. The minimum atomic E-state index is 0.760. The van der Waals surface area contributed by atoms with Crippen molar-refractivity contribution < 1.29 is 0 Å². The molecule has 0 saturated heterocycles. The molecule has 0 radical (unpaired) electrons. The van der Waals surface area contributed by atoms with Crippen molar-refractivity contribution in [1.29, 1.82) is 0 Å². The van der Waals surface area contributed by atoms with E-state index >= 15 is 0 Å². The highest BCUT2D eigenvalue weighted by Crippen LogP contribution is 2.18. The third kappa shape index (κ3) is 3.71. The van der Waals surface area contributed by atoms with Crippen LogP contribution < -0.4 is 0 Å². The van der Waals surface area contributed by atoms with Crippen LogP contribution in [0.3, 0.4) is 0 Å². The minimum Gasteiger partial charge on any atom is -0.219 e. The zero-order valence-corrected chi connectivity index (χ0v) is 11.6. The van der Waals surface area contributed by atoms with Gasteiger partial charge in [0.25, 0.3) is 0 Å². The maximum atomic E-state index is 4.40. The van der Waals surface area contributed by atoms with Gasteiger partial charge in [0.05, 0.1) is 0 Å². The van der Waals surface area contributed by atoms with Gasteiger partial charge in [0, 0.05) is 5.56 Å². The summed E-state index contributed by atoms with van der Waals surface area (Å²) in [4.78, 5) is 13.0. The Bertz CT molecular complexity index is 556. The van der Waals surface area contributed by atoms with Gasteiger partial charge < -0.3 is 0 Å². The first-order chi connectivity index (χ1) is 9.19. The number of benzene rings is 1. The molecular weight excluding hydrogens is 234 g/mol. The summed E-state index contributed by atoms with van der Waals surface area (Å²) in [6.45, 7) is 7.54. The van der Waals surface area contributed by atoms with Crippen LogP contribution >= 0.6 is 0 Å². The molecule has 0 amide bonds. The van der Waals surface area contributed by atoms with Gasteiger partial charge in [0.15, 0.2) is 5.82 Å². The number of unbranched alkanes of at least 4 members (excludes halogenated alkanes) is 1. The Kier molecular flexibility index (Phi) is 4.39. The molecule has 3 heteroatoms. The fraction of sp³-hybridized carbons (Fsp3) is 0.312. The summed E-state index contributed by atoms with van der Waals surface area (Å²) in [6, 6.07) is 8.42. The number of nitrogens with zero attached hydrogens (tertiary/aromatic N) is 3. The highest BCUT2D eigenvalue weighted by molar-refractivity contribution is 5.55. The second kappa shape index (κ2) is 6.23. The number of aromatic nitrogens is 3. The first-order valence-corrected chi connectivity index (χ1v) is 6.58. The number of allylic oxidation sites excluding steroid dienone is 1. The van der Waals surface area contributed by atoms with Crippen LogP contribution in [-0.4, -0.2) is 15.0 Å². The summed E-state index contributed by atoms with van der Waals surface area (Å²) >= 11 is 0. The fourth-order valence-electron chi connectivity index (χ4n) is 2.06. The summed E-state index contributed by atoms with van der Waals surface area (Å²) in [6.07, 6.45) is 5.20. The molecule has 1 heterocycles. The molecule has 0 N–H and O–H groups in total. The van der Waals surface area contributed by atoms with E-state index in [1.165, 1.54) is 5.56 Å². The molecule has 0 saturated carbocycles. The monoisotopic (exact) mass is 253 g/mol. The van der Waals surface area contributed by atoms with Crippen molar-refractivity contribution >= 4 is 0 Å². The summed E-state index contributed by atoms with van der Waals surface area (Å²) in [7, 11) is 0. The van der Waals surface area contributed by atoms with Crippen molar-refractivity contribution in [3.63, 3.8) is 0 Å². The zero-order chi connectivity index (χ0) is 13.7. The largest absolute Gasteiger partial charge is 0.219 e. The third-order valence-electron chi connectivity index (χ3n) is 2.92. The van der Waals surface area contributed by atoms with E-state index in [0.717, 1.165) is 42.3 Å². The number of hydrogen-bond acceptors (Lipinski definition) is 3.